The summed E-state index contributed by atoms with van der Waals surface area (Å²) in [5, 5.41) is 10.9. The molecule has 0 aliphatic carbocycles. The van der Waals surface area contributed by atoms with Crippen LogP contribution in [0.3, 0.4) is 0 Å². The average molecular weight is 371 g/mol. The molecule has 0 saturated carbocycles. The maximum atomic E-state index is 12.4. The summed E-state index contributed by atoms with van der Waals surface area (Å²) in [6.45, 7) is 8.35. The third-order valence-corrected chi connectivity index (χ3v) is 4.77. The van der Waals surface area contributed by atoms with Crippen LogP contribution in [0.4, 0.5) is 5.69 Å². The van der Waals surface area contributed by atoms with Crippen molar-refractivity contribution in [2.75, 3.05) is 26.3 Å². The maximum absolute atomic E-state index is 12.4. The van der Waals surface area contributed by atoms with Crippen molar-refractivity contribution < 1.29 is 24.1 Å². The van der Waals surface area contributed by atoms with Crippen LogP contribution in [0.1, 0.15) is 27.0 Å². The fourth-order valence-corrected chi connectivity index (χ4v) is 3.16. The van der Waals surface area contributed by atoms with Crippen LogP contribution >= 0.6 is 0 Å². The number of ether oxygens (including phenoxy) is 2. The second-order valence-electron chi connectivity index (χ2n) is 6.78. The number of aryl methyl sites for hydroxylation is 2. The molecule has 27 heavy (non-hydrogen) atoms. The zero-order valence-corrected chi connectivity index (χ0v) is 15.5. The molecule has 1 fully saturated rings. The van der Waals surface area contributed by atoms with E-state index in [0.717, 1.165) is 44.0 Å². The van der Waals surface area contributed by atoms with E-state index in [-0.39, 0.29) is 11.3 Å². The molecule has 7 nitrogen and oxygen atoms in total. The van der Waals surface area contributed by atoms with Gasteiger partial charge in [-0.15, -0.1) is 0 Å². The molecule has 0 bridgehead atoms. The minimum atomic E-state index is -0.604. The first kappa shape index (κ1) is 19.0. The topological polar surface area (TPSA) is 83.1 Å². The molecule has 0 atom stereocenters. The predicted octanol–water partition coefficient (Wildman–Crippen LogP) is 1.85. The molecule has 1 heterocycles. The van der Waals surface area contributed by atoms with E-state index >= 15 is 0 Å². The van der Waals surface area contributed by atoms with Gasteiger partial charge in [-0.25, -0.2) is 4.79 Å². The summed E-state index contributed by atoms with van der Waals surface area (Å²) in [5.74, 6) is -0.127. The summed E-state index contributed by atoms with van der Waals surface area (Å²) in [7, 11) is 0. The van der Waals surface area contributed by atoms with Gasteiger partial charge < -0.3 is 14.4 Å². The lowest BCUT2D eigenvalue weighted by Gasteiger charge is -2.24. The van der Waals surface area contributed by atoms with E-state index in [1.807, 2.05) is 26.0 Å². The van der Waals surface area contributed by atoms with Crippen LogP contribution in [-0.4, -0.2) is 37.2 Å². The number of nitrogens with zero attached hydrogens (tertiary/aromatic N) is 1. The van der Waals surface area contributed by atoms with Gasteiger partial charge in [-0.05, 0) is 43.2 Å². The highest BCUT2D eigenvalue weighted by molar-refractivity contribution is 5.91. The number of nitro groups is 1. The molecular formula is C20H23N2O5+. The van der Waals surface area contributed by atoms with Gasteiger partial charge in [-0.1, -0.05) is 6.07 Å². The van der Waals surface area contributed by atoms with Crippen LogP contribution in [0, 0.1) is 24.0 Å². The number of morpholine rings is 1. The molecule has 1 N–H and O–H groups in total. The Bertz CT molecular complexity index is 859. The summed E-state index contributed by atoms with van der Waals surface area (Å²) in [5.41, 5.74) is 3.16. The summed E-state index contributed by atoms with van der Waals surface area (Å²) in [6.07, 6.45) is 0. The number of carbonyl (C=O) groups is 1. The zero-order chi connectivity index (χ0) is 19.4. The Labute approximate surface area is 157 Å². The van der Waals surface area contributed by atoms with Crippen molar-refractivity contribution in [2.24, 2.45) is 0 Å². The van der Waals surface area contributed by atoms with E-state index in [4.69, 9.17) is 9.47 Å². The Morgan fingerprint density at radius 3 is 2.63 bits per heavy atom. The Morgan fingerprint density at radius 2 is 1.93 bits per heavy atom. The van der Waals surface area contributed by atoms with Crippen LogP contribution in [0.15, 0.2) is 36.4 Å². The Balaban J connectivity index is 1.75. The Kier molecular flexibility index (Phi) is 5.83. The summed E-state index contributed by atoms with van der Waals surface area (Å²) in [4.78, 5) is 24.2. The molecule has 0 aromatic heterocycles. The van der Waals surface area contributed by atoms with Gasteiger partial charge in [-0.3, -0.25) is 10.1 Å². The number of non-ortho nitro benzene ring substituents is 1. The number of nitrogens with one attached hydrogen (secondary N) is 1. The van der Waals surface area contributed by atoms with Gasteiger partial charge in [0.15, 0.2) is 0 Å². The number of benzene rings is 2. The number of hydrogen-bond donors (Lipinski definition) is 1. The van der Waals surface area contributed by atoms with Crippen molar-refractivity contribution >= 4 is 11.7 Å². The fraction of sp³-hybridized carbons (Fsp3) is 0.350. The minimum Gasteiger partial charge on any atom is -0.423 e. The van der Waals surface area contributed by atoms with Crippen molar-refractivity contribution in [2.45, 2.75) is 20.4 Å². The van der Waals surface area contributed by atoms with Gasteiger partial charge in [0.1, 0.15) is 25.4 Å². The van der Waals surface area contributed by atoms with E-state index in [1.165, 1.54) is 34.7 Å². The van der Waals surface area contributed by atoms with Gasteiger partial charge in [-0.2, -0.15) is 0 Å². The molecule has 1 saturated heterocycles. The molecule has 1 aliphatic heterocycles. The predicted molar refractivity (Wildman–Crippen MR) is 99.2 cm³/mol. The number of esters is 1. The Hall–Kier alpha value is -2.77. The van der Waals surface area contributed by atoms with E-state index in [1.54, 1.807) is 0 Å². The van der Waals surface area contributed by atoms with Crippen molar-refractivity contribution in [3.05, 3.63) is 68.8 Å². The molecule has 3 rings (SSSR count). The molecule has 142 valence electrons. The standard InChI is InChI=1S/C20H22N2O5/c1-14-11-19(15(2)10-17(14)13-21-6-8-26-9-7-21)27-20(23)16-4-3-5-18(12-16)22(24)25/h3-5,10-12H,6-9,13H2,1-2H3/p+1. The smallest absolute Gasteiger partial charge is 0.343 e. The number of rotatable bonds is 5. The molecule has 2 aromatic rings. The highest BCUT2D eigenvalue weighted by Gasteiger charge is 2.18. The molecule has 1 aliphatic rings. The molecule has 2 aromatic carbocycles. The molecular weight excluding hydrogens is 348 g/mol. The monoisotopic (exact) mass is 371 g/mol. The third kappa shape index (κ3) is 4.69. The third-order valence-electron chi connectivity index (χ3n) is 4.77. The van der Waals surface area contributed by atoms with Crippen LogP contribution < -0.4 is 9.64 Å². The van der Waals surface area contributed by atoms with Gasteiger partial charge in [0, 0.05) is 17.7 Å². The lowest BCUT2D eigenvalue weighted by Crippen LogP contribution is -3.12. The van der Waals surface area contributed by atoms with E-state index in [9.17, 15) is 14.9 Å². The van der Waals surface area contributed by atoms with E-state index in [2.05, 4.69) is 0 Å². The zero-order valence-electron chi connectivity index (χ0n) is 15.5. The lowest BCUT2D eigenvalue weighted by atomic mass is 10.0. The first-order valence-corrected chi connectivity index (χ1v) is 8.92. The lowest BCUT2D eigenvalue weighted by molar-refractivity contribution is -0.921. The second-order valence-corrected chi connectivity index (χ2v) is 6.78. The summed E-state index contributed by atoms with van der Waals surface area (Å²) < 4.78 is 10.9. The van der Waals surface area contributed by atoms with Crippen molar-refractivity contribution in [1.29, 1.82) is 0 Å². The second kappa shape index (κ2) is 8.28. The molecule has 7 heteroatoms. The highest BCUT2D eigenvalue weighted by atomic mass is 16.6. The number of nitro benzene ring substituents is 1. The molecule has 0 unspecified atom stereocenters. The molecule has 0 radical (unpaired) electrons. The first-order chi connectivity index (χ1) is 12.9. The van der Waals surface area contributed by atoms with Gasteiger partial charge in [0.05, 0.1) is 23.7 Å². The van der Waals surface area contributed by atoms with Crippen LogP contribution in [-0.2, 0) is 11.3 Å². The first-order valence-electron chi connectivity index (χ1n) is 8.92. The number of carbonyl (C=O) groups excluding carboxylic acids is 1. The molecule has 0 spiro atoms. The average Bonchev–Trinajstić information content (AvgIpc) is 2.66. The normalized spacial score (nSPS) is 14.7. The SMILES string of the molecule is Cc1cc(OC(=O)c2cccc([N+](=O)[O-])c2)c(C)cc1C[NH+]1CCOCC1. The van der Waals surface area contributed by atoms with Crippen LogP contribution in [0.25, 0.3) is 0 Å². The highest BCUT2D eigenvalue weighted by Crippen LogP contribution is 2.24. The maximum Gasteiger partial charge on any atom is 0.343 e. The van der Waals surface area contributed by atoms with E-state index in [0.29, 0.717) is 5.75 Å². The van der Waals surface area contributed by atoms with Gasteiger partial charge in [0.2, 0.25) is 0 Å². The summed E-state index contributed by atoms with van der Waals surface area (Å²) in [6, 6.07) is 9.46. The molecule has 0 amide bonds. The van der Waals surface area contributed by atoms with Crippen LogP contribution in [0.5, 0.6) is 5.75 Å². The van der Waals surface area contributed by atoms with Gasteiger partial charge >= 0.3 is 5.97 Å². The quantitative estimate of drug-likeness (QED) is 0.375. The van der Waals surface area contributed by atoms with Crippen molar-refractivity contribution in [3.8, 4) is 5.75 Å². The van der Waals surface area contributed by atoms with Gasteiger partial charge in [0.25, 0.3) is 5.69 Å². The Morgan fingerprint density at radius 1 is 1.19 bits per heavy atom. The van der Waals surface area contributed by atoms with E-state index < -0.39 is 10.9 Å². The van der Waals surface area contributed by atoms with Crippen molar-refractivity contribution in [3.63, 3.8) is 0 Å². The summed E-state index contributed by atoms with van der Waals surface area (Å²) >= 11 is 0. The minimum absolute atomic E-state index is 0.138. The number of quaternary nitrogens is 1. The van der Waals surface area contributed by atoms with Crippen molar-refractivity contribution in [1.82, 2.24) is 0 Å². The number of hydrogen-bond acceptors (Lipinski definition) is 5. The van der Waals surface area contributed by atoms with Crippen LogP contribution in [0.2, 0.25) is 0 Å². The largest absolute Gasteiger partial charge is 0.423 e. The fourth-order valence-electron chi connectivity index (χ4n) is 3.16.